The van der Waals surface area contributed by atoms with Crippen molar-refractivity contribution in [1.82, 2.24) is 0 Å². The van der Waals surface area contributed by atoms with Crippen molar-refractivity contribution in [1.29, 1.82) is 0 Å². The van der Waals surface area contributed by atoms with E-state index in [0.717, 1.165) is 26.1 Å². The van der Waals surface area contributed by atoms with E-state index in [1.807, 2.05) is 23.5 Å². The van der Waals surface area contributed by atoms with E-state index in [2.05, 4.69) is 19.2 Å². The zero-order chi connectivity index (χ0) is 13.6. The SMILES string of the molecule is C=C=C(C)C1(CCOC2CCCCO2)SCCCS1. The average molecular weight is 300 g/mol. The third kappa shape index (κ3) is 4.30. The maximum Gasteiger partial charge on any atom is 0.157 e. The molecule has 2 fully saturated rings. The lowest BCUT2D eigenvalue weighted by Gasteiger charge is -2.36. The van der Waals surface area contributed by atoms with Gasteiger partial charge < -0.3 is 9.47 Å². The lowest BCUT2D eigenvalue weighted by Crippen LogP contribution is -2.30. The zero-order valence-corrected chi connectivity index (χ0v) is 13.4. The second kappa shape index (κ2) is 7.80. The van der Waals surface area contributed by atoms with Gasteiger partial charge in [-0.2, -0.15) is 0 Å². The molecule has 0 aromatic rings. The predicted octanol–water partition coefficient (Wildman–Crippen LogP) is 4.22. The summed E-state index contributed by atoms with van der Waals surface area (Å²) in [7, 11) is 0. The highest BCUT2D eigenvalue weighted by Crippen LogP contribution is 2.49. The fourth-order valence-corrected chi connectivity index (χ4v) is 5.71. The van der Waals surface area contributed by atoms with Gasteiger partial charge in [-0.15, -0.1) is 29.3 Å². The van der Waals surface area contributed by atoms with Gasteiger partial charge in [-0.25, -0.2) is 0 Å². The molecule has 19 heavy (non-hydrogen) atoms. The Labute approximate surface area is 125 Å². The maximum absolute atomic E-state index is 5.89. The van der Waals surface area contributed by atoms with Gasteiger partial charge in [0.05, 0.1) is 10.7 Å². The number of rotatable bonds is 5. The van der Waals surface area contributed by atoms with Crippen LogP contribution in [0.3, 0.4) is 0 Å². The topological polar surface area (TPSA) is 18.5 Å². The first-order valence-electron chi connectivity index (χ1n) is 7.15. The Bertz CT molecular complexity index is 325. The summed E-state index contributed by atoms with van der Waals surface area (Å²) in [5.41, 5.74) is 4.36. The largest absolute Gasteiger partial charge is 0.353 e. The quantitative estimate of drug-likeness (QED) is 0.707. The molecule has 0 amide bonds. The summed E-state index contributed by atoms with van der Waals surface area (Å²) < 4.78 is 11.6. The van der Waals surface area contributed by atoms with E-state index in [-0.39, 0.29) is 10.4 Å². The van der Waals surface area contributed by atoms with Crippen LogP contribution in [-0.2, 0) is 9.47 Å². The average Bonchev–Trinajstić information content (AvgIpc) is 2.48. The van der Waals surface area contributed by atoms with Crippen molar-refractivity contribution in [3.05, 3.63) is 17.9 Å². The molecule has 1 atom stereocenters. The van der Waals surface area contributed by atoms with Crippen molar-refractivity contribution in [3.63, 3.8) is 0 Å². The van der Waals surface area contributed by atoms with Gasteiger partial charge in [0, 0.05) is 6.61 Å². The fourth-order valence-electron chi connectivity index (χ4n) is 2.43. The molecule has 1 unspecified atom stereocenters. The number of ether oxygens (including phenoxy) is 2. The van der Waals surface area contributed by atoms with E-state index in [0.29, 0.717) is 0 Å². The second-order valence-corrected chi connectivity index (χ2v) is 8.07. The Morgan fingerprint density at radius 2 is 2.16 bits per heavy atom. The molecule has 2 heterocycles. The first-order valence-corrected chi connectivity index (χ1v) is 9.12. The number of hydrogen-bond acceptors (Lipinski definition) is 4. The molecule has 0 saturated carbocycles. The highest BCUT2D eigenvalue weighted by atomic mass is 32.2. The Hall–Kier alpha value is 0.140. The third-order valence-electron chi connectivity index (χ3n) is 3.67. The van der Waals surface area contributed by atoms with Gasteiger partial charge in [-0.3, -0.25) is 0 Å². The lowest BCUT2D eigenvalue weighted by atomic mass is 10.1. The summed E-state index contributed by atoms with van der Waals surface area (Å²) >= 11 is 4.07. The van der Waals surface area contributed by atoms with Crippen molar-refractivity contribution >= 4 is 23.5 Å². The minimum absolute atomic E-state index is 0.0254. The molecule has 108 valence electrons. The van der Waals surface area contributed by atoms with Crippen LogP contribution < -0.4 is 0 Å². The molecular formula is C15H24O2S2. The minimum Gasteiger partial charge on any atom is -0.353 e. The molecule has 2 aliphatic rings. The first kappa shape index (κ1) is 15.5. The van der Waals surface area contributed by atoms with E-state index in [1.165, 1.54) is 36.3 Å². The van der Waals surface area contributed by atoms with Crippen LogP contribution in [0.4, 0.5) is 0 Å². The molecule has 2 saturated heterocycles. The van der Waals surface area contributed by atoms with Crippen molar-refractivity contribution in [2.75, 3.05) is 24.7 Å². The van der Waals surface area contributed by atoms with Crippen LogP contribution in [0.25, 0.3) is 0 Å². The van der Waals surface area contributed by atoms with Gasteiger partial charge in [0.15, 0.2) is 6.29 Å². The molecule has 0 N–H and O–H groups in total. The molecule has 2 nitrogen and oxygen atoms in total. The van der Waals surface area contributed by atoms with Crippen LogP contribution in [0.5, 0.6) is 0 Å². The van der Waals surface area contributed by atoms with Gasteiger partial charge in [0.25, 0.3) is 0 Å². The van der Waals surface area contributed by atoms with Crippen molar-refractivity contribution in [2.24, 2.45) is 0 Å². The lowest BCUT2D eigenvalue weighted by molar-refractivity contribution is -0.162. The van der Waals surface area contributed by atoms with E-state index < -0.39 is 0 Å². The monoisotopic (exact) mass is 300 g/mol. The van der Waals surface area contributed by atoms with E-state index >= 15 is 0 Å². The van der Waals surface area contributed by atoms with Crippen molar-refractivity contribution < 1.29 is 9.47 Å². The molecule has 2 rings (SSSR count). The van der Waals surface area contributed by atoms with Crippen LogP contribution >= 0.6 is 23.5 Å². The summed E-state index contributed by atoms with van der Waals surface area (Å²) in [6.45, 7) is 7.59. The fraction of sp³-hybridized carbons (Fsp3) is 0.800. The van der Waals surface area contributed by atoms with Gasteiger partial charge in [0.2, 0.25) is 0 Å². The number of thioether (sulfide) groups is 2. The minimum atomic E-state index is 0.0254. The van der Waals surface area contributed by atoms with Crippen LogP contribution in [0.15, 0.2) is 17.9 Å². The van der Waals surface area contributed by atoms with Crippen LogP contribution in [0.2, 0.25) is 0 Å². The molecule has 0 bridgehead atoms. The molecule has 2 aliphatic heterocycles. The van der Waals surface area contributed by atoms with Gasteiger partial charge >= 0.3 is 0 Å². The van der Waals surface area contributed by atoms with Crippen LogP contribution in [0, 0.1) is 0 Å². The molecule has 0 aliphatic carbocycles. The van der Waals surface area contributed by atoms with Crippen molar-refractivity contribution in [3.8, 4) is 0 Å². The van der Waals surface area contributed by atoms with Crippen LogP contribution in [-0.4, -0.2) is 35.1 Å². The van der Waals surface area contributed by atoms with E-state index in [4.69, 9.17) is 9.47 Å². The van der Waals surface area contributed by atoms with E-state index in [1.54, 1.807) is 0 Å². The molecule has 0 aromatic heterocycles. The highest BCUT2D eigenvalue weighted by molar-refractivity contribution is 8.19. The Kier molecular flexibility index (Phi) is 6.37. The molecule has 0 spiro atoms. The standard InChI is InChI=1S/C15H24O2S2/c1-3-13(2)15(18-11-6-12-19-15)8-10-17-14-7-4-5-9-16-14/h14H,1,4-12H2,2H3. The summed E-state index contributed by atoms with van der Waals surface area (Å²) in [6, 6.07) is 0. The predicted molar refractivity (Wildman–Crippen MR) is 84.8 cm³/mol. The zero-order valence-electron chi connectivity index (χ0n) is 11.8. The normalized spacial score (nSPS) is 26.7. The summed E-state index contributed by atoms with van der Waals surface area (Å²) in [6.07, 6.45) is 5.80. The van der Waals surface area contributed by atoms with Crippen molar-refractivity contribution in [2.45, 2.75) is 49.4 Å². The Balaban J connectivity index is 1.84. The molecular weight excluding hydrogens is 276 g/mol. The van der Waals surface area contributed by atoms with Gasteiger partial charge in [-0.05, 0) is 56.1 Å². The summed E-state index contributed by atoms with van der Waals surface area (Å²) in [5, 5.41) is 0. The maximum atomic E-state index is 5.89. The van der Waals surface area contributed by atoms with Crippen LogP contribution in [0.1, 0.15) is 39.0 Å². The Morgan fingerprint density at radius 3 is 2.79 bits per heavy atom. The molecule has 4 heteroatoms. The highest BCUT2D eigenvalue weighted by Gasteiger charge is 2.35. The van der Waals surface area contributed by atoms with E-state index in [9.17, 15) is 0 Å². The smallest absolute Gasteiger partial charge is 0.157 e. The Morgan fingerprint density at radius 1 is 1.37 bits per heavy atom. The summed E-state index contributed by atoms with van der Waals surface area (Å²) in [5.74, 6) is 2.46. The first-order chi connectivity index (χ1) is 9.27. The third-order valence-corrected chi connectivity index (χ3v) is 7.31. The van der Waals surface area contributed by atoms with Gasteiger partial charge in [-0.1, -0.05) is 6.58 Å². The molecule has 0 radical (unpaired) electrons. The summed E-state index contributed by atoms with van der Waals surface area (Å²) in [4.78, 5) is 0. The van der Waals surface area contributed by atoms with Gasteiger partial charge in [0.1, 0.15) is 0 Å². The molecule has 0 aromatic carbocycles. The number of hydrogen-bond donors (Lipinski definition) is 0. The second-order valence-electron chi connectivity index (χ2n) is 5.02.